The van der Waals surface area contributed by atoms with E-state index in [1.807, 2.05) is 18.2 Å². The molecular formula is C16H15N3O3. The van der Waals surface area contributed by atoms with Gasteiger partial charge in [-0.15, -0.1) is 0 Å². The van der Waals surface area contributed by atoms with Crippen LogP contribution in [0.25, 0.3) is 10.9 Å². The minimum Gasteiger partial charge on any atom is -0.486 e. The van der Waals surface area contributed by atoms with E-state index in [0.29, 0.717) is 43.5 Å². The van der Waals surface area contributed by atoms with Crippen molar-refractivity contribution in [2.75, 3.05) is 44.4 Å². The molecule has 1 saturated heterocycles. The highest BCUT2D eigenvalue weighted by Gasteiger charge is 2.19. The summed E-state index contributed by atoms with van der Waals surface area (Å²) in [5, 5.41) is 10.3. The molecule has 1 fully saturated rings. The molecule has 2 aliphatic rings. The van der Waals surface area contributed by atoms with Crippen molar-refractivity contribution < 1.29 is 14.2 Å². The maximum atomic E-state index is 9.44. The van der Waals surface area contributed by atoms with Gasteiger partial charge in [0, 0.05) is 24.5 Å². The van der Waals surface area contributed by atoms with Gasteiger partial charge in [0.05, 0.1) is 24.3 Å². The summed E-state index contributed by atoms with van der Waals surface area (Å²) in [5.74, 6) is 2.14. The van der Waals surface area contributed by atoms with E-state index in [4.69, 9.17) is 19.2 Å². The minimum atomic E-state index is 0.545. The molecule has 1 aromatic carbocycles. The third kappa shape index (κ3) is 2.20. The molecule has 6 heteroatoms. The number of hydrogen-bond donors (Lipinski definition) is 0. The summed E-state index contributed by atoms with van der Waals surface area (Å²) in [6.07, 6.45) is 0. The molecule has 0 radical (unpaired) electrons. The molecular weight excluding hydrogens is 282 g/mol. The Bertz CT molecular complexity index is 763. The van der Waals surface area contributed by atoms with Crippen molar-refractivity contribution in [1.82, 2.24) is 4.98 Å². The Balaban J connectivity index is 1.84. The molecule has 2 aromatic rings. The number of hydrogen-bond acceptors (Lipinski definition) is 6. The smallest absolute Gasteiger partial charge is 0.163 e. The van der Waals surface area contributed by atoms with Crippen molar-refractivity contribution in [3.8, 4) is 17.6 Å². The third-order valence-corrected chi connectivity index (χ3v) is 3.89. The first-order valence-electron chi connectivity index (χ1n) is 7.32. The van der Waals surface area contributed by atoms with Crippen LogP contribution in [0.4, 0.5) is 5.82 Å². The number of nitrogens with zero attached hydrogens (tertiary/aromatic N) is 3. The highest BCUT2D eigenvalue weighted by Crippen LogP contribution is 2.35. The molecule has 0 bridgehead atoms. The van der Waals surface area contributed by atoms with Crippen molar-refractivity contribution in [2.24, 2.45) is 0 Å². The van der Waals surface area contributed by atoms with E-state index in [2.05, 4.69) is 11.0 Å². The van der Waals surface area contributed by atoms with E-state index in [1.54, 1.807) is 0 Å². The van der Waals surface area contributed by atoms with Gasteiger partial charge >= 0.3 is 0 Å². The van der Waals surface area contributed by atoms with Crippen LogP contribution in [-0.2, 0) is 4.74 Å². The van der Waals surface area contributed by atoms with E-state index in [1.165, 1.54) is 0 Å². The van der Waals surface area contributed by atoms with E-state index in [0.717, 1.165) is 29.8 Å². The van der Waals surface area contributed by atoms with Crippen LogP contribution in [0.3, 0.4) is 0 Å². The van der Waals surface area contributed by atoms with Crippen LogP contribution in [-0.4, -0.2) is 44.5 Å². The maximum Gasteiger partial charge on any atom is 0.163 e. The van der Waals surface area contributed by atoms with Gasteiger partial charge in [-0.1, -0.05) is 0 Å². The summed E-state index contributed by atoms with van der Waals surface area (Å²) in [6, 6.07) is 7.89. The molecule has 0 N–H and O–H groups in total. The van der Waals surface area contributed by atoms with Crippen molar-refractivity contribution >= 4 is 16.7 Å². The van der Waals surface area contributed by atoms with Gasteiger partial charge in [-0.05, 0) is 12.1 Å². The molecule has 22 heavy (non-hydrogen) atoms. The van der Waals surface area contributed by atoms with Crippen molar-refractivity contribution in [2.45, 2.75) is 0 Å². The summed E-state index contributed by atoms with van der Waals surface area (Å²) >= 11 is 0. The number of fused-ring (bicyclic) bond motifs is 2. The Labute approximate surface area is 127 Å². The topological polar surface area (TPSA) is 67.6 Å². The number of rotatable bonds is 1. The number of nitriles is 1. The largest absolute Gasteiger partial charge is 0.486 e. The summed E-state index contributed by atoms with van der Waals surface area (Å²) in [4.78, 5) is 6.79. The summed E-state index contributed by atoms with van der Waals surface area (Å²) in [5.41, 5.74) is 1.39. The van der Waals surface area contributed by atoms with Gasteiger partial charge in [0.15, 0.2) is 11.5 Å². The number of ether oxygens (including phenoxy) is 3. The molecule has 0 amide bonds. The standard InChI is InChI=1S/C16H15N3O3/c17-10-12-7-11-8-14-15(22-6-5-21-14)9-13(11)18-16(12)19-1-3-20-4-2-19/h7-9H,1-6H2. The van der Waals surface area contributed by atoms with Crippen LogP contribution >= 0.6 is 0 Å². The highest BCUT2D eigenvalue weighted by atomic mass is 16.6. The van der Waals surface area contributed by atoms with Gasteiger partial charge in [-0.3, -0.25) is 0 Å². The SMILES string of the molecule is N#Cc1cc2cc3c(cc2nc1N1CCOCC1)OCCO3. The zero-order chi connectivity index (χ0) is 14.9. The lowest BCUT2D eigenvalue weighted by molar-refractivity contribution is 0.122. The van der Waals surface area contributed by atoms with Gasteiger partial charge in [0.25, 0.3) is 0 Å². The van der Waals surface area contributed by atoms with E-state index in [-0.39, 0.29) is 0 Å². The average molecular weight is 297 g/mol. The van der Waals surface area contributed by atoms with Crippen LogP contribution in [0, 0.1) is 11.3 Å². The zero-order valence-corrected chi connectivity index (χ0v) is 12.0. The predicted octanol–water partition coefficient (Wildman–Crippen LogP) is 1.71. The minimum absolute atomic E-state index is 0.545. The predicted molar refractivity (Wildman–Crippen MR) is 80.5 cm³/mol. The maximum absolute atomic E-state index is 9.44. The van der Waals surface area contributed by atoms with Gasteiger partial charge in [0.2, 0.25) is 0 Å². The second-order valence-corrected chi connectivity index (χ2v) is 5.26. The molecule has 1 aromatic heterocycles. The van der Waals surface area contributed by atoms with Gasteiger partial charge in [-0.25, -0.2) is 4.98 Å². The fourth-order valence-electron chi connectivity index (χ4n) is 2.80. The van der Waals surface area contributed by atoms with Gasteiger partial charge in [0.1, 0.15) is 25.1 Å². The molecule has 3 heterocycles. The molecule has 0 saturated carbocycles. The molecule has 2 aliphatic heterocycles. The van der Waals surface area contributed by atoms with Gasteiger partial charge < -0.3 is 19.1 Å². The lowest BCUT2D eigenvalue weighted by Gasteiger charge is -2.28. The number of anilines is 1. The van der Waals surface area contributed by atoms with Crippen LogP contribution in [0.5, 0.6) is 11.5 Å². The fraction of sp³-hybridized carbons (Fsp3) is 0.375. The monoisotopic (exact) mass is 297 g/mol. The number of morpholine rings is 1. The first-order valence-corrected chi connectivity index (χ1v) is 7.32. The number of pyridine rings is 1. The highest BCUT2D eigenvalue weighted by molar-refractivity contribution is 5.86. The normalized spacial score (nSPS) is 17.3. The fourth-order valence-corrected chi connectivity index (χ4v) is 2.80. The molecule has 4 rings (SSSR count). The number of benzene rings is 1. The average Bonchev–Trinajstić information content (AvgIpc) is 2.59. The first-order chi connectivity index (χ1) is 10.8. The van der Waals surface area contributed by atoms with E-state index < -0.39 is 0 Å². The van der Waals surface area contributed by atoms with Gasteiger partial charge in [-0.2, -0.15) is 5.26 Å². The molecule has 0 aliphatic carbocycles. The Hall–Kier alpha value is -2.52. The van der Waals surface area contributed by atoms with Crippen LogP contribution in [0.1, 0.15) is 5.56 Å². The Morgan fingerprint density at radius 1 is 1.00 bits per heavy atom. The molecule has 112 valence electrons. The van der Waals surface area contributed by atoms with Crippen molar-refractivity contribution in [1.29, 1.82) is 5.26 Å². The summed E-state index contributed by atoms with van der Waals surface area (Å²) in [7, 11) is 0. The Morgan fingerprint density at radius 3 is 2.45 bits per heavy atom. The zero-order valence-electron chi connectivity index (χ0n) is 12.0. The third-order valence-electron chi connectivity index (χ3n) is 3.89. The lowest BCUT2D eigenvalue weighted by Crippen LogP contribution is -2.37. The molecule has 0 spiro atoms. The first kappa shape index (κ1) is 13.2. The second-order valence-electron chi connectivity index (χ2n) is 5.26. The van der Waals surface area contributed by atoms with E-state index >= 15 is 0 Å². The second kappa shape index (κ2) is 5.35. The summed E-state index contributed by atoms with van der Waals surface area (Å²) < 4.78 is 16.6. The van der Waals surface area contributed by atoms with Crippen molar-refractivity contribution in [3.63, 3.8) is 0 Å². The Morgan fingerprint density at radius 2 is 1.73 bits per heavy atom. The van der Waals surface area contributed by atoms with E-state index in [9.17, 15) is 5.26 Å². The van der Waals surface area contributed by atoms with Crippen LogP contribution in [0.15, 0.2) is 18.2 Å². The van der Waals surface area contributed by atoms with Crippen LogP contribution in [0.2, 0.25) is 0 Å². The quantitative estimate of drug-likeness (QED) is 0.798. The molecule has 0 atom stereocenters. The van der Waals surface area contributed by atoms with Crippen molar-refractivity contribution in [3.05, 3.63) is 23.8 Å². The Kier molecular flexibility index (Phi) is 3.20. The molecule has 0 unspecified atom stereocenters. The summed E-state index contributed by atoms with van der Waals surface area (Å²) in [6.45, 7) is 3.90. The molecule has 6 nitrogen and oxygen atoms in total. The lowest BCUT2D eigenvalue weighted by atomic mass is 10.1. The van der Waals surface area contributed by atoms with Crippen LogP contribution < -0.4 is 14.4 Å². The number of aromatic nitrogens is 1.